The molecule has 11 rings (SSSR count). The van der Waals surface area contributed by atoms with Gasteiger partial charge in [-0.3, -0.25) is 0 Å². The Hall–Kier alpha value is -4.47. The SMILES string of the molecule is CC(C)(C)c1cc2c(-c3cc([Si](C)(C)C)cc([Si](C)(C)C)c3)c(-c3ccccc3)ccc2[cH-]1.CC(C)(C)c1cc2c(-c3cc([Si](C)(C)C)cc([Si](C)(C)C)c3)c(-c3ccccc3)ccc2[cH-]1.[Cl][Zr][Cl].[c-]1cccc2c1[Si]c1ccccc1-2. The Morgan fingerprint density at radius 1 is 0.390 bits per heavy atom. The molecule has 10 aromatic carbocycles. The van der Waals surface area contributed by atoms with Crippen LogP contribution in [0.2, 0.25) is 78.6 Å². The van der Waals surface area contributed by atoms with Gasteiger partial charge in [-0.2, -0.15) is 41.6 Å². The second-order valence-electron chi connectivity index (χ2n) is 28.5. The number of hydrogen-bond donors (Lipinski definition) is 0. The first-order valence-corrected chi connectivity index (χ1v) is 50.4. The molecule has 1 aliphatic rings. The molecule has 10 aromatic rings. The van der Waals surface area contributed by atoms with E-state index >= 15 is 0 Å². The van der Waals surface area contributed by atoms with E-state index in [1.165, 1.54) is 98.7 Å². The van der Waals surface area contributed by atoms with Gasteiger partial charge in [0, 0.05) is 0 Å². The van der Waals surface area contributed by atoms with Crippen LogP contribution >= 0.6 is 17.0 Å². The van der Waals surface area contributed by atoms with Gasteiger partial charge in [-0.25, -0.2) is 0 Å². The number of benzene rings is 8. The monoisotopic (exact) mass is 1270 g/mol. The second kappa shape index (κ2) is 25.2. The summed E-state index contributed by atoms with van der Waals surface area (Å²) in [5, 5.41) is 14.6. The molecule has 0 bridgehead atoms. The van der Waals surface area contributed by atoms with Gasteiger partial charge in [0.25, 0.3) is 0 Å². The van der Waals surface area contributed by atoms with Crippen molar-refractivity contribution in [2.75, 3.05) is 0 Å². The van der Waals surface area contributed by atoms with E-state index in [-0.39, 0.29) is 10.8 Å². The Labute approximate surface area is 519 Å². The summed E-state index contributed by atoms with van der Waals surface area (Å²) in [6, 6.07) is 74.2. The summed E-state index contributed by atoms with van der Waals surface area (Å²) in [6.45, 7) is 43.5. The number of fused-ring (bicyclic) bond motifs is 5. The summed E-state index contributed by atoms with van der Waals surface area (Å²) in [6.07, 6.45) is 0. The van der Waals surface area contributed by atoms with Crippen LogP contribution in [-0.2, 0) is 31.7 Å². The third-order valence-electron chi connectivity index (χ3n) is 15.9. The van der Waals surface area contributed by atoms with Gasteiger partial charge < -0.3 is 0 Å². The smallest absolute Gasteiger partial charge is 0.0920 e. The van der Waals surface area contributed by atoms with Crippen LogP contribution in [0.5, 0.6) is 0 Å². The van der Waals surface area contributed by atoms with Crippen LogP contribution in [0.25, 0.3) is 77.2 Å². The van der Waals surface area contributed by atoms with E-state index < -0.39 is 53.1 Å². The standard InChI is InChI=1S/2C31H39Si2.C12H7Si.2ClH.Zr/c2*1-31(2,3)25-17-23-15-16-28(22-13-11-10-12-14-22)30(29(23)20-25)24-18-26(32(4,5)6)21-27(19-24)33(7,8)9;1-3-7-11-9(5-1)10-6-2-4-8-12(10)13-11;;;/h2*10-21H,1-9H3;1-7H;2*1H;/q3*-1;;;+2/p-2. The maximum atomic E-state index is 4.93. The van der Waals surface area contributed by atoms with Crippen molar-refractivity contribution in [2.24, 2.45) is 0 Å². The van der Waals surface area contributed by atoms with Gasteiger partial charge in [-0.15, -0.1) is 62.5 Å². The summed E-state index contributed by atoms with van der Waals surface area (Å²) in [5.41, 5.74) is 16.7. The minimum Gasteiger partial charge on any atom is -0.184 e. The molecule has 422 valence electrons. The van der Waals surface area contributed by atoms with Crippen molar-refractivity contribution in [3.63, 3.8) is 0 Å². The van der Waals surface area contributed by atoms with E-state index in [1.807, 2.05) is 6.07 Å². The average Bonchev–Trinajstić information content (AvgIpc) is 2.87. The Morgan fingerprint density at radius 3 is 1.11 bits per heavy atom. The molecule has 0 fully saturated rings. The summed E-state index contributed by atoms with van der Waals surface area (Å²) < 4.78 is 0. The van der Waals surface area contributed by atoms with Gasteiger partial charge in [0.1, 0.15) is 0 Å². The normalized spacial score (nSPS) is 12.6. The van der Waals surface area contributed by atoms with Gasteiger partial charge in [0.15, 0.2) is 0 Å². The largest absolute Gasteiger partial charge is 0.184 e. The predicted molar refractivity (Wildman–Crippen MR) is 378 cm³/mol. The van der Waals surface area contributed by atoms with Crippen molar-refractivity contribution in [1.82, 2.24) is 0 Å². The van der Waals surface area contributed by atoms with E-state index in [4.69, 9.17) is 17.0 Å². The van der Waals surface area contributed by atoms with E-state index in [0.29, 0.717) is 0 Å². The van der Waals surface area contributed by atoms with Crippen LogP contribution in [0, 0.1) is 6.07 Å². The van der Waals surface area contributed by atoms with Crippen LogP contribution in [-0.4, -0.2) is 41.8 Å². The minimum atomic E-state index is -1.47. The van der Waals surface area contributed by atoms with E-state index in [1.54, 1.807) is 20.7 Å². The quantitative estimate of drug-likeness (QED) is 0.105. The van der Waals surface area contributed by atoms with Gasteiger partial charge in [0.2, 0.25) is 0 Å². The van der Waals surface area contributed by atoms with Gasteiger partial charge in [0.05, 0.1) is 41.8 Å². The van der Waals surface area contributed by atoms with Crippen molar-refractivity contribution < 1.29 is 20.8 Å². The van der Waals surface area contributed by atoms with Gasteiger partial charge in [-0.05, 0) is 44.2 Å². The zero-order chi connectivity index (χ0) is 59.7. The van der Waals surface area contributed by atoms with Crippen LogP contribution in [0.15, 0.2) is 188 Å². The first-order chi connectivity index (χ1) is 38.4. The molecule has 0 N–H and O–H groups in total. The predicted octanol–water partition coefficient (Wildman–Crippen LogP) is 19.1. The molecule has 0 spiro atoms. The topological polar surface area (TPSA) is 0 Å². The van der Waals surface area contributed by atoms with Crippen molar-refractivity contribution in [1.29, 1.82) is 0 Å². The molecular weight excluding hydrogens is 1190 g/mol. The van der Waals surface area contributed by atoms with E-state index in [9.17, 15) is 0 Å². The molecule has 0 amide bonds. The van der Waals surface area contributed by atoms with Crippen LogP contribution in [0.4, 0.5) is 0 Å². The number of rotatable bonds is 8. The van der Waals surface area contributed by atoms with Gasteiger partial charge >= 0.3 is 37.9 Å². The molecular formula is C74H85Cl2Si5Zr-3. The number of hydrogen-bond acceptors (Lipinski definition) is 0. The molecule has 0 atom stereocenters. The third-order valence-corrected chi connectivity index (χ3v) is 25.4. The summed E-state index contributed by atoms with van der Waals surface area (Å²) >= 11 is -0.826. The average molecular weight is 1280 g/mol. The minimum absolute atomic E-state index is 0.132. The van der Waals surface area contributed by atoms with Crippen molar-refractivity contribution in [3.8, 4) is 55.6 Å². The zero-order valence-electron chi connectivity index (χ0n) is 52.2. The fraction of sp³-hybridized carbons (Fsp3) is 0.270. The molecule has 0 aromatic heterocycles. The fourth-order valence-electron chi connectivity index (χ4n) is 10.8. The van der Waals surface area contributed by atoms with E-state index in [2.05, 4.69) is 308 Å². The van der Waals surface area contributed by atoms with E-state index in [0.717, 1.165) is 9.52 Å². The second-order valence-corrected chi connectivity index (χ2v) is 53.8. The molecule has 0 unspecified atom stereocenters. The molecule has 0 saturated heterocycles. The molecule has 8 heteroatoms. The van der Waals surface area contributed by atoms with Crippen LogP contribution in [0.1, 0.15) is 52.7 Å². The maximum Gasteiger partial charge on any atom is 0.0920 e. The summed E-state index contributed by atoms with van der Waals surface area (Å²) in [5.74, 6) is 0. The Balaban J connectivity index is 0.000000169. The maximum absolute atomic E-state index is 4.93. The van der Waals surface area contributed by atoms with Crippen molar-refractivity contribution in [3.05, 3.63) is 205 Å². The van der Waals surface area contributed by atoms with Crippen LogP contribution < -0.4 is 31.1 Å². The van der Waals surface area contributed by atoms with Crippen LogP contribution in [0.3, 0.4) is 0 Å². The molecule has 2 radical (unpaired) electrons. The van der Waals surface area contributed by atoms with Crippen molar-refractivity contribution >= 4 is 112 Å². The van der Waals surface area contributed by atoms with Gasteiger partial charge in [-0.1, -0.05) is 296 Å². The Bertz CT molecular complexity index is 3510. The molecule has 1 heterocycles. The first-order valence-electron chi connectivity index (χ1n) is 29.1. The molecule has 0 saturated carbocycles. The third kappa shape index (κ3) is 14.9. The molecule has 1 aliphatic heterocycles. The fourth-order valence-corrected chi connectivity index (χ4v) is 17.1. The number of halogens is 2. The molecule has 0 nitrogen and oxygen atoms in total. The first kappa shape index (κ1) is 63.5. The molecule has 82 heavy (non-hydrogen) atoms. The summed E-state index contributed by atoms with van der Waals surface area (Å²) in [4.78, 5) is 0. The molecule has 0 aliphatic carbocycles. The zero-order valence-corrected chi connectivity index (χ0v) is 61.1. The Morgan fingerprint density at radius 2 is 0.744 bits per heavy atom. The Kier molecular flexibility index (Phi) is 19.6. The van der Waals surface area contributed by atoms with Crippen molar-refractivity contribution in [2.45, 2.75) is 131 Å². The summed E-state index contributed by atoms with van der Waals surface area (Å²) in [7, 11) is 4.77.